The highest BCUT2D eigenvalue weighted by Gasteiger charge is 2.25. The zero-order valence-corrected chi connectivity index (χ0v) is 11.4. The normalized spacial score (nSPS) is 12.7. The smallest absolute Gasteiger partial charge is 0.198 e. The summed E-state index contributed by atoms with van der Waals surface area (Å²) in [5.74, 6) is -1.17. The summed E-state index contributed by atoms with van der Waals surface area (Å²) < 4.78 is 33.2. The molecule has 19 heavy (non-hydrogen) atoms. The third kappa shape index (κ3) is 2.65. The first kappa shape index (κ1) is 14.0. The van der Waals surface area contributed by atoms with Crippen LogP contribution in [0.25, 0.3) is 0 Å². The Bertz CT molecular complexity index is 583. The number of hydrogen-bond donors (Lipinski definition) is 1. The van der Waals surface area contributed by atoms with E-state index in [2.05, 4.69) is 5.32 Å². The second-order valence-electron chi connectivity index (χ2n) is 4.23. The molecule has 0 radical (unpaired) electrons. The van der Waals surface area contributed by atoms with Gasteiger partial charge < -0.3 is 9.73 Å². The predicted molar refractivity (Wildman–Crippen MR) is 70.3 cm³/mol. The van der Waals surface area contributed by atoms with Gasteiger partial charge in [0.2, 0.25) is 0 Å². The minimum Gasteiger partial charge on any atom is -0.453 e. The number of hydrogen-bond acceptors (Lipinski definition) is 2. The zero-order valence-electron chi connectivity index (χ0n) is 10.6. The summed E-state index contributed by atoms with van der Waals surface area (Å²) >= 11 is 5.91. The highest BCUT2D eigenvalue weighted by Crippen LogP contribution is 2.33. The van der Waals surface area contributed by atoms with Crippen molar-refractivity contribution in [1.29, 1.82) is 0 Å². The molecule has 0 aliphatic rings. The SMILES string of the molecule is CCNC(c1ccoc1Cl)c1c(F)ccc(C)c1F. The van der Waals surface area contributed by atoms with Crippen LogP contribution in [-0.2, 0) is 0 Å². The molecule has 1 aromatic carbocycles. The van der Waals surface area contributed by atoms with Crippen LogP contribution in [0.2, 0.25) is 5.22 Å². The van der Waals surface area contributed by atoms with Gasteiger partial charge in [0.25, 0.3) is 0 Å². The molecule has 2 nitrogen and oxygen atoms in total. The largest absolute Gasteiger partial charge is 0.453 e. The van der Waals surface area contributed by atoms with Crippen LogP contribution in [0.15, 0.2) is 28.9 Å². The molecule has 1 heterocycles. The lowest BCUT2D eigenvalue weighted by Crippen LogP contribution is -2.24. The van der Waals surface area contributed by atoms with E-state index in [1.165, 1.54) is 18.4 Å². The molecule has 0 spiro atoms. The number of halogens is 3. The van der Waals surface area contributed by atoms with Crippen LogP contribution in [0, 0.1) is 18.6 Å². The molecule has 0 saturated heterocycles. The Hall–Kier alpha value is -1.39. The number of furan rings is 1. The van der Waals surface area contributed by atoms with Crippen molar-refractivity contribution in [2.24, 2.45) is 0 Å². The fourth-order valence-corrected chi connectivity index (χ4v) is 2.25. The minimum absolute atomic E-state index is 0.0369. The maximum Gasteiger partial charge on any atom is 0.198 e. The van der Waals surface area contributed by atoms with E-state index in [1.54, 1.807) is 13.0 Å². The lowest BCUT2D eigenvalue weighted by molar-refractivity contribution is 0.501. The molecule has 5 heteroatoms. The standard InChI is InChI=1S/C14H14ClF2NO/c1-3-18-13(9-6-7-19-14(9)15)11-10(16)5-4-8(2)12(11)17/h4-7,13,18H,3H2,1-2H3. The first-order valence-corrected chi connectivity index (χ1v) is 6.34. The van der Waals surface area contributed by atoms with Gasteiger partial charge >= 0.3 is 0 Å². The van der Waals surface area contributed by atoms with E-state index in [0.717, 1.165) is 0 Å². The molecular formula is C14H14ClF2NO. The molecule has 1 atom stereocenters. The van der Waals surface area contributed by atoms with E-state index in [4.69, 9.17) is 16.0 Å². The Morgan fingerprint density at radius 2 is 2.05 bits per heavy atom. The molecule has 2 aromatic rings. The van der Waals surface area contributed by atoms with Crippen LogP contribution in [0.3, 0.4) is 0 Å². The quantitative estimate of drug-likeness (QED) is 0.910. The number of benzene rings is 1. The molecule has 0 saturated carbocycles. The summed E-state index contributed by atoms with van der Waals surface area (Å²) in [7, 11) is 0. The van der Waals surface area contributed by atoms with E-state index in [1.807, 2.05) is 6.92 Å². The van der Waals surface area contributed by atoms with Crippen molar-refractivity contribution in [3.05, 3.63) is 58.0 Å². The fraction of sp³-hybridized carbons (Fsp3) is 0.286. The summed E-state index contributed by atoms with van der Waals surface area (Å²) in [6, 6.07) is 3.60. The predicted octanol–water partition coefficient (Wildman–Crippen LogP) is 4.22. The summed E-state index contributed by atoms with van der Waals surface area (Å²) in [4.78, 5) is 0. The molecular weight excluding hydrogens is 272 g/mol. The van der Waals surface area contributed by atoms with E-state index in [-0.39, 0.29) is 10.8 Å². The van der Waals surface area contributed by atoms with Gasteiger partial charge in [0, 0.05) is 11.1 Å². The molecule has 102 valence electrons. The van der Waals surface area contributed by atoms with Crippen molar-refractivity contribution < 1.29 is 13.2 Å². The van der Waals surface area contributed by atoms with E-state index in [0.29, 0.717) is 17.7 Å². The highest BCUT2D eigenvalue weighted by atomic mass is 35.5. The Labute approximate surface area is 115 Å². The summed E-state index contributed by atoms with van der Waals surface area (Å²) in [5, 5.41) is 3.16. The topological polar surface area (TPSA) is 25.2 Å². The van der Waals surface area contributed by atoms with Crippen LogP contribution in [0.1, 0.15) is 29.7 Å². The van der Waals surface area contributed by atoms with Crippen molar-refractivity contribution in [2.45, 2.75) is 19.9 Å². The molecule has 1 aromatic heterocycles. The Morgan fingerprint density at radius 1 is 1.32 bits per heavy atom. The lowest BCUT2D eigenvalue weighted by atomic mass is 9.98. The van der Waals surface area contributed by atoms with Crippen LogP contribution < -0.4 is 5.32 Å². The number of nitrogens with one attached hydrogen (secondary N) is 1. The van der Waals surface area contributed by atoms with Gasteiger partial charge in [0.05, 0.1) is 12.3 Å². The van der Waals surface area contributed by atoms with Gasteiger partial charge in [-0.05, 0) is 42.8 Å². The second-order valence-corrected chi connectivity index (χ2v) is 4.58. The van der Waals surface area contributed by atoms with Crippen molar-refractivity contribution >= 4 is 11.6 Å². The van der Waals surface area contributed by atoms with Gasteiger partial charge in [-0.3, -0.25) is 0 Å². The van der Waals surface area contributed by atoms with Crippen LogP contribution in [0.5, 0.6) is 0 Å². The molecule has 1 unspecified atom stereocenters. The summed E-state index contributed by atoms with van der Waals surface area (Å²) in [6.45, 7) is 3.99. The lowest BCUT2D eigenvalue weighted by Gasteiger charge is -2.19. The van der Waals surface area contributed by atoms with Gasteiger partial charge in [-0.1, -0.05) is 13.0 Å². The average molecular weight is 286 g/mol. The van der Waals surface area contributed by atoms with Crippen molar-refractivity contribution in [3.63, 3.8) is 0 Å². The van der Waals surface area contributed by atoms with Gasteiger partial charge in [-0.25, -0.2) is 8.78 Å². The van der Waals surface area contributed by atoms with E-state index >= 15 is 0 Å². The first-order chi connectivity index (χ1) is 9.06. The number of aryl methyl sites for hydroxylation is 1. The van der Waals surface area contributed by atoms with E-state index < -0.39 is 17.7 Å². The molecule has 0 amide bonds. The minimum atomic E-state index is -0.670. The molecule has 0 aliphatic carbocycles. The molecule has 2 rings (SSSR count). The maximum absolute atomic E-state index is 14.2. The molecule has 0 fully saturated rings. The Balaban J connectivity index is 2.57. The summed E-state index contributed by atoms with van der Waals surface area (Å²) in [6.07, 6.45) is 1.40. The average Bonchev–Trinajstić information content (AvgIpc) is 2.79. The van der Waals surface area contributed by atoms with Crippen LogP contribution in [-0.4, -0.2) is 6.54 Å². The third-order valence-electron chi connectivity index (χ3n) is 2.97. The van der Waals surface area contributed by atoms with Crippen molar-refractivity contribution in [3.8, 4) is 0 Å². The molecule has 1 N–H and O–H groups in total. The van der Waals surface area contributed by atoms with Crippen molar-refractivity contribution in [1.82, 2.24) is 5.32 Å². The Kier molecular flexibility index (Phi) is 4.22. The highest BCUT2D eigenvalue weighted by molar-refractivity contribution is 6.29. The van der Waals surface area contributed by atoms with Gasteiger partial charge in [0.1, 0.15) is 11.6 Å². The number of rotatable bonds is 4. The first-order valence-electron chi connectivity index (χ1n) is 5.97. The monoisotopic (exact) mass is 285 g/mol. The third-order valence-corrected chi connectivity index (χ3v) is 3.28. The molecule has 0 aliphatic heterocycles. The second kappa shape index (κ2) is 5.72. The zero-order chi connectivity index (χ0) is 14.0. The van der Waals surface area contributed by atoms with Crippen LogP contribution >= 0.6 is 11.6 Å². The summed E-state index contributed by atoms with van der Waals surface area (Å²) in [5.41, 5.74) is 0.871. The fourth-order valence-electron chi connectivity index (χ4n) is 2.02. The van der Waals surface area contributed by atoms with Crippen LogP contribution in [0.4, 0.5) is 8.78 Å². The van der Waals surface area contributed by atoms with Gasteiger partial charge in [-0.2, -0.15) is 0 Å². The Morgan fingerprint density at radius 3 is 2.63 bits per heavy atom. The van der Waals surface area contributed by atoms with Gasteiger partial charge in [-0.15, -0.1) is 0 Å². The van der Waals surface area contributed by atoms with Crippen molar-refractivity contribution in [2.75, 3.05) is 6.54 Å². The maximum atomic E-state index is 14.2. The van der Waals surface area contributed by atoms with E-state index in [9.17, 15) is 8.78 Å². The molecule has 0 bridgehead atoms. The van der Waals surface area contributed by atoms with Gasteiger partial charge in [0.15, 0.2) is 5.22 Å².